The monoisotopic (exact) mass is 342 g/mol. The summed E-state index contributed by atoms with van der Waals surface area (Å²) in [5.41, 5.74) is 2.18. The molecule has 1 aromatic rings. The summed E-state index contributed by atoms with van der Waals surface area (Å²) < 4.78 is 0. The average Bonchev–Trinajstić information content (AvgIpc) is 3.26. The van der Waals surface area contributed by atoms with E-state index >= 15 is 0 Å². The van der Waals surface area contributed by atoms with Crippen molar-refractivity contribution in [3.63, 3.8) is 0 Å². The van der Waals surface area contributed by atoms with E-state index in [0.29, 0.717) is 19.1 Å². The van der Waals surface area contributed by atoms with Crippen molar-refractivity contribution in [3.05, 3.63) is 23.5 Å². The van der Waals surface area contributed by atoms with Gasteiger partial charge in [0.1, 0.15) is 12.2 Å². The van der Waals surface area contributed by atoms with Crippen LogP contribution in [0, 0.1) is 0 Å². The molecule has 2 N–H and O–H groups in total. The Morgan fingerprint density at radius 1 is 1.52 bits per heavy atom. The van der Waals surface area contributed by atoms with E-state index in [1.165, 1.54) is 0 Å². The molecule has 3 aliphatic heterocycles. The Bertz CT molecular complexity index is 723. The molecule has 2 atom stereocenters. The molecule has 2 saturated heterocycles. The maximum Gasteiger partial charge on any atom is 0.237 e. The van der Waals surface area contributed by atoms with Gasteiger partial charge in [0.15, 0.2) is 0 Å². The number of carbonyl (C=O) groups excluding carboxylic acids is 1. The number of likely N-dealkylation sites (tertiary alicyclic amines) is 2. The number of rotatable bonds is 2. The lowest BCUT2D eigenvalue weighted by atomic mass is 9.93. The first-order valence-corrected chi connectivity index (χ1v) is 9.09. The van der Waals surface area contributed by atoms with Crippen LogP contribution in [0.2, 0.25) is 0 Å². The standard InChI is InChI=1S/C18H26N6O/c1-13-8-18(5-3-7-24(18)16(25)10-19-2)11-23(13)17-14-4-6-21-15(14)9-20-12-22-17/h4,6,12-13,19,21H,3,5,7-11H2,1-2H3. The Morgan fingerprint density at radius 3 is 3.24 bits per heavy atom. The van der Waals surface area contributed by atoms with Crippen LogP contribution < -0.4 is 5.32 Å². The third-order valence-electron chi connectivity index (χ3n) is 5.75. The van der Waals surface area contributed by atoms with Crippen LogP contribution in [0.4, 0.5) is 0 Å². The van der Waals surface area contributed by atoms with Crippen LogP contribution in [0.25, 0.3) is 0 Å². The zero-order valence-electron chi connectivity index (χ0n) is 15.0. The molecule has 134 valence electrons. The highest BCUT2D eigenvalue weighted by Gasteiger charge is 2.51. The summed E-state index contributed by atoms with van der Waals surface area (Å²) in [6.07, 6.45) is 6.78. The van der Waals surface area contributed by atoms with E-state index in [2.05, 4.69) is 43.1 Å². The summed E-state index contributed by atoms with van der Waals surface area (Å²) in [4.78, 5) is 29.3. The van der Waals surface area contributed by atoms with E-state index in [1.54, 1.807) is 6.34 Å². The fourth-order valence-corrected chi connectivity index (χ4v) is 4.70. The van der Waals surface area contributed by atoms with Crippen LogP contribution in [0.15, 0.2) is 22.2 Å². The van der Waals surface area contributed by atoms with E-state index in [0.717, 1.165) is 49.4 Å². The first kappa shape index (κ1) is 16.3. The number of H-pyrrole nitrogens is 1. The summed E-state index contributed by atoms with van der Waals surface area (Å²) in [6.45, 7) is 5.00. The van der Waals surface area contributed by atoms with Crippen molar-refractivity contribution in [3.8, 4) is 0 Å². The Hall–Kier alpha value is -2.15. The lowest BCUT2D eigenvalue weighted by molar-refractivity contribution is -0.133. The largest absolute Gasteiger partial charge is 0.363 e. The molecule has 1 amide bonds. The highest BCUT2D eigenvalue weighted by molar-refractivity contribution is 6.04. The Kier molecular flexibility index (Phi) is 4.11. The molecule has 25 heavy (non-hydrogen) atoms. The number of carbonyl (C=O) groups is 1. The normalized spacial score (nSPS) is 28.4. The molecule has 7 heteroatoms. The molecule has 4 heterocycles. The quantitative estimate of drug-likeness (QED) is 0.841. The molecule has 4 rings (SSSR count). The number of hydrogen-bond donors (Lipinski definition) is 2. The number of likely N-dealkylation sites (N-methyl/N-ethyl adjacent to an activating group) is 1. The van der Waals surface area contributed by atoms with E-state index in [-0.39, 0.29) is 11.4 Å². The topological polar surface area (TPSA) is 76.1 Å². The summed E-state index contributed by atoms with van der Waals surface area (Å²) in [7, 11) is 1.83. The molecule has 0 radical (unpaired) electrons. The summed E-state index contributed by atoms with van der Waals surface area (Å²) >= 11 is 0. The predicted molar refractivity (Wildman–Crippen MR) is 97.9 cm³/mol. The third-order valence-corrected chi connectivity index (χ3v) is 5.75. The average molecular weight is 342 g/mol. The minimum absolute atomic E-state index is 0.0597. The van der Waals surface area contributed by atoms with Gasteiger partial charge in [-0.3, -0.25) is 9.79 Å². The zero-order valence-corrected chi connectivity index (χ0v) is 15.0. The highest BCUT2D eigenvalue weighted by Crippen LogP contribution is 2.41. The smallest absolute Gasteiger partial charge is 0.237 e. The molecule has 0 saturated carbocycles. The van der Waals surface area contributed by atoms with Crippen LogP contribution >= 0.6 is 0 Å². The molecule has 3 aliphatic rings. The summed E-state index contributed by atoms with van der Waals surface area (Å²) in [6, 6.07) is 2.43. The molecule has 0 aromatic carbocycles. The minimum Gasteiger partial charge on any atom is -0.363 e. The summed E-state index contributed by atoms with van der Waals surface area (Å²) in [5, 5.41) is 3.00. The maximum atomic E-state index is 12.6. The van der Waals surface area contributed by atoms with Gasteiger partial charge in [-0.15, -0.1) is 0 Å². The van der Waals surface area contributed by atoms with Gasteiger partial charge in [-0.2, -0.15) is 0 Å². The Labute approximate surface area is 148 Å². The number of nitrogens with zero attached hydrogens (tertiary/aromatic N) is 4. The van der Waals surface area contributed by atoms with Crippen LogP contribution in [0.3, 0.4) is 0 Å². The van der Waals surface area contributed by atoms with Crippen molar-refractivity contribution >= 4 is 18.1 Å². The molecule has 1 aromatic heterocycles. The molecule has 7 nitrogen and oxygen atoms in total. The molecule has 0 aliphatic carbocycles. The van der Waals surface area contributed by atoms with Crippen LogP contribution in [-0.2, 0) is 11.3 Å². The number of fused-ring (bicyclic) bond motifs is 1. The molecule has 1 spiro atoms. The van der Waals surface area contributed by atoms with E-state index in [1.807, 2.05) is 13.2 Å². The molecule has 2 unspecified atom stereocenters. The number of nitrogens with one attached hydrogen (secondary N) is 2. The number of amides is 1. The summed E-state index contributed by atoms with van der Waals surface area (Å²) in [5.74, 6) is 1.19. The number of amidine groups is 1. The van der Waals surface area contributed by atoms with Gasteiger partial charge in [-0.05, 0) is 39.3 Å². The Morgan fingerprint density at radius 2 is 2.40 bits per heavy atom. The van der Waals surface area contributed by atoms with Gasteiger partial charge in [-0.1, -0.05) is 0 Å². The van der Waals surface area contributed by atoms with E-state index in [9.17, 15) is 4.79 Å². The number of aromatic amines is 1. The molecule has 2 fully saturated rings. The second-order valence-electron chi connectivity index (χ2n) is 7.36. The van der Waals surface area contributed by atoms with Crippen molar-refractivity contribution in [2.45, 2.75) is 44.3 Å². The van der Waals surface area contributed by atoms with Crippen molar-refractivity contribution < 1.29 is 4.79 Å². The highest BCUT2D eigenvalue weighted by atomic mass is 16.2. The number of aliphatic imine (C=N–C) groups is 2. The fraction of sp³-hybridized carbons (Fsp3) is 0.611. The first-order chi connectivity index (χ1) is 12.1. The molecule has 0 bridgehead atoms. The zero-order chi connectivity index (χ0) is 17.4. The lowest BCUT2D eigenvalue weighted by Gasteiger charge is -2.35. The number of hydrogen-bond acceptors (Lipinski definition) is 5. The van der Waals surface area contributed by atoms with Gasteiger partial charge >= 0.3 is 0 Å². The van der Waals surface area contributed by atoms with Gasteiger partial charge in [0, 0.05) is 36.6 Å². The van der Waals surface area contributed by atoms with E-state index in [4.69, 9.17) is 0 Å². The SMILES string of the molecule is CNCC(=O)N1CCCC12CC(C)N(C1=NC=NCc3[nH]ccc31)C2. The fourth-order valence-electron chi connectivity index (χ4n) is 4.70. The van der Waals surface area contributed by atoms with Gasteiger partial charge in [-0.25, -0.2) is 4.99 Å². The van der Waals surface area contributed by atoms with Crippen molar-refractivity contribution in [1.82, 2.24) is 20.1 Å². The van der Waals surface area contributed by atoms with Gasteiger partial charge < -0.3 is 20.1 Å². The van der Waals surface area contributed by atoms with Crippen molar-refractivity contribution in [1.29, 1.82) is 0 Å². The van der Waals surface area contributed by atoms with E-state index < -0.39 is 0 Å². The number of aromatic nitrogens is 1. The lowest BCUT2D eigenvalue weighted by Crippen LogP contribution is -2.51. The third kappa shape index (κ3) is 2.66. The first-order valence-electron chi connectivity index (χ1n) is 9.09. The van der Waals surface area contributed by atoms with Crippen LogP contribution in [0.5, 0.6) is 0 Å². The van der Waals surface area contributed by atoms with Gasteiger partial charge in [0.05, 0.1) is 18.6 Å². The van der Waals surface area contributed by atoms with Gasteiger partial charge in [0.25, 0.3) is 0 Å². The van der Waals surface area contributed by atoms with Crippen LogP contribution in [-0.4, -0.2) is 71.1 Å². The van der Waals surface area contributed by atoms with Crippen molar-refractivity contribution in [2.24, 2.45) is 9.98 Å². The second kappa shape index (κ2) is 6.29. The predicted octanol–water partition coefficient (Wildman–Crippen LogP) is 0.978. The van der Waals surface area contributed by atoms with Crippen LogP contribution in [0.1, 0.15) is 37.4 Å². The second-order valence-corrected chi connectivity index (χ2v) is 7.36. The molecular formula is C18H26N6O. The molecular weight excluding hydrogens is 316 g/mol. The minimum atomic E-state index is -0.0597. The van der Waals surface area contributed by atoms with Gasteiger partial charge in [0.2, 0.25) is 5.91 Å². The Balaban J connectivity index is 1.63. The maximum absolute atomic E-state index is 12.6. The van der Waals surface area contributed by atoms with Crippen molar-refractivity contribution in [2.75, 3.05) is 26.7 Å².